The van der Waals surface area contributed by atoms with Gasteiger partial charge < -0.3 is 9.32 Å². The number of aromatic nitrogens is 1. The minimum Gasteiger partial charge on any atom is -0.438 e. The Morgan fingerprint density at radius 1 is 1.06 bits per heavy atom. The first-order valence-corrected chi connectivity index (χ1v) is 10.8. The van der Waals surface area contributed by atoms with Crippen LogP contribution in [0.1, 0.15) is 40.7 Å². The summed E-state index contributed by atoms with van der Waals surface area (Å²) in [5, 5.41) is 0.477. The Morgan fingerprint density at radius 3 is 2.67 bits per heavy atom. The van der Waals surface area contributed by atoms with Crippen LogP contribution in [-0.4, -0.2) is 22.3 Å². The van der Waals surface area contributed by atoms with Crippen molar-refractivity contribution in [2.75, 3.05) is 6.54 Å². The molecule has 1 aliphatic heterocycles. The molecule has 8 heteroatoms. The lowest BCUT2D eigenvalue weighted by molar-refractivity contribution is -0.137. The van der Waals surface area contributed by atoms with Crippen LogP contribution in [0.15, 0.2) is 71.1 Å². The van der Waals surface area contributed by atoms with E-state index in [1.807, 2.05) is 0 Å². The zero-order valence-electron chi connectivity index (χ0n) is 17.3. The van der Waals surface area contributed by atoms with E-state index in [-0.39, 0.29) is 17.5 Å². The normalized spacial score (nSPS) is 16.5. The summed E-state index contributed by atoms with van der Waals surface area (Å²) in [6, 6.07) is 16.6. The van der Waals surface area contributed by atoms with Crippen LogP contribution in [0.3, 0.4) is 0 Å². The fourth-order valence-electron chi connectivity index (χ4n) is 4.29. The Kier molecular flexibility index (Phi) is 5.37. The number of carbonyl (C=O) groups is 1. The van der Waals surface area contributed by atoms with Crippen molar-refractivity contribution in [1.82, 2.24) is 9.88 Å². The maximum absolute atomic E-state index is 13.5. The lowest BCUT2D eigenvalue weighted by Crippen LogP contribution is -2.30. The van der Waals surface area contributed by atoms with Crippen LogP contribution < -0.4 is 0 Å². The van der Waals surface area contributed by atoms with Gasteiger partial charge in [0.25, 0.3) is 5.91 Å². The number of hydrogen-bond donors (Lipinski definition) is 0. The number of carbonyl (C=O) groups excluding carboxylic acids is 1. The molecule has 1 amide bonds. The lowest BCUT2D eigenvalue weighted by Gasteiger charge is -2.22. The fourth-order valence-corrected chi connectivity index (χ4v) is 4.48. The topological polar surface area (TPSA) is 46.3 Å². The molecule has 0 bridgehead atoms. The summed E-state index contributed by atoms with van der Waals surface area (Å²) in [6.07, 6.45) is -2.99. The van der Waals surface area contributed by atoms with Crippen molar-refractivity contribution in [3.63, 3.8) is 0 Å². The molecule has 1 fully saturated rings. The molecular weight excluding hydrogens is 453 g/mol. The molecule has 1 atom stereocenters. The van der Waals surface area contributed by atoms with Crippen molar-refractivity contribution in [1.29, 1.82) is 0 Å². The van der Waals surface area contributed by atoms with Gasteiger partial charge in [-0.05, 0) is 60.4 Å². The Bertz CT molecular complexity index is 1350. The summed E-state index contributed by atoms with van der Waals surface area (Å²) in [5.41, 5.74) is 1.16. The SMILES string of the molecule is O=C(c1cccc(Cl)c1)N1CCCC1c1nc2cc(-c3ccccc3C(F)(F)F)ccc2o1. The number of amides is 1. The third kappa shape index (κ3) is 4.09. The van der Waals surface area contributed by atoms with Crippen LogP contribution in [0.25, 0.3) is 22.2 Å². The molecule has 0 radical (unpaired) electrons. The van der Waals surface area contributed by atoms with Crippen molar-refractivity contribution in [2.24, 2.45) is 0 Å². The summed E-state index contributed by atoms with van der Waals surface area (Å²) < 4.78 is 46.3. The molecule has 2 heterocycles. The van der Waals surface area contributed by atoms with Crippen molar-refractivity contribution in [3.8, 4) is 11.1 Å². The number of hydrogen-bond acceptors (Lipinski definition) is 3. The second kappa shape index (κ2) is 8.23. The van der Waals surface area contributed by atoms with Crippen molar-refractivity contribution in [3.05, 3.63) is 88.8 Å². The molecule has 0 saturated carbocycles. The Hall–Kier alpha value is -3.32. The first-order chi connectivity index (χ1) is 15.8. The minimum atomic E-state index is -4.47. The van der Waals surface area contributed by atoms with Gasteiger partial charge >= 0.3 is 6.18 Å². The molecular formula is C25H18ClF3N2O2. The number of nitrogens with zero attached hydrogens (tertiary/aromatic N) is 2. The quantitative estimate of drug-likeness (QED) is 0.319. The predicted octanol–water partition coefficient (Wildman–Crippen LogP) is 7.14. The van der Waals surface area contributed by atoms with Crippen LogP contribution in [0.4, 0.5) is 13.2 Å². The second-order valence-electron chi connectivity index (χ2n) is 7.94. The number of halogens is 4. The summed E-state index contributed by atoms with van der Waals surface area (Å²) in [5.74, 6) is 0.209. The molecule has 4 nitrogen and oxygen atoms in total. The van der Waals surface area contributed by atoms with Crippen molar-refractivity contribution >= 4 is 28.6 Å². The van der Waals surface area contributed by atoms with Gasteiger partial charge in [-0.15, -0.1) is 0 Å². The Balaban J connectivity index is 1.49. The van der Waals surface area contributed by atoms with Gasteiger partial charge in [0.15, 0.2) is 5.58 Å². The molecule has 1 aliphatic rings. The van der Waals surface area contributed by atoms with Gasteiger partial charge in [-0.2, -0.15) is 13.2 Å². The molecule has 0 aliphatic carbocycles. The third-order valence-corrected chi connectivity index (χ3v) is 6.05. The first kappa shape index (κ1) is 21.5. The van der Waals surface area contributed by atoms with Crippen LogP contribution in [0.5, 0.6) is 0 Å². The van der Waals surface area contributed by atoms with Gasteiger partial charge in [0.05, 0.1) is 5.56 Å². The van der Waals surface area contributed by atoms with Crippen LogP contribution in [0, 0.1) is 0 Å². The highest BCUT2D eigenvalue weighted by molar-refractivity contribution is 6.30. The Morgan fingerprint density at radius 2 is 1.88 bits per heavy atom. The van der Waals surface area contributed by atoms with Gasteiger partial charge in [-0.25, -0.2) is 4.98 Å². The number of fused-ring (bicyclic) bond motifs is 1. The highest BCUT2D eigenvalue weighted by Gasteiger charge is 2.35. The molecule has 0 spiro atoms. The molecule has 1 unspecified atom stereocenters. The number of alkyl halides is 3. The van der Waals surface area contributed by atoms with Crippen LogP contribution >= 0.6 is 11.6 Å². The number of oxazole rings is 1. The van der Waals surface area contributed by atoms with E-state index in [9.17, 15) is 18.0 Å². The summed E-state index contributed by atoms with van der Waals surface area (Å²) in [6.45, 7) is 0.555. The van der Waals surface area contributed by atoms with E-state index in [2.05, 4.69) is 4.98 Å². The summed E-state index contributed by atoms with van der Waals surface area (Å²) in [4.78, 5) is 19.3. The number of benzene rings is 3. The van der Waals surface area contributed by atoms with E-state index >= 15 is 0 Å². The number of likely N-dealkylation sites (tertiary alicyclic amines) is 1. The van der Waals surface area contributed by atoms with E-state index in [0.717, 1.165) is 12.5 Å². The maximum Gasteiger partial charge on any atom is 0.417 e. The minimum absolute atomic E-state index is 0.0788. The molecule has 33 heavy (non-hydrogen) atoms. The molecule has 168 valence electrons. The molecule has 1 saturated heterocycles. The first-order valence-electron chi connectivity index (χ1n) is 10.4. The monoisotopic (exact) mass is 470 g/mol. The van der Waals surface area contributed by atoms with E-state index in [1.165, 1.54) is 12.1 Å². The Labute approximate surface area is 192 Å². The summed E-state index contributed by atoms with van der Waals surface area (Å²) >= 11 is 6.04. The van der Waals surface area contributed by atoms with E-state index in [1.54, 1.807) is 53.4 Å². The molecule has 3 aromatic carbocycles. The van der Waals surface area contributed by atoms with E-state index in [0.29, 0.717) is 46.1 Å². The standard InChI is InChI=1S/C25H18ClF3N2O2/c26-17-6-3-5-16(13-17)24(32)31-12-4-9-21(31)23-30-20-14-15(10-11-22(20)33-23)18-7-1-2-8-19(18)25(27,28)29/h1-3,5-8,10-11,13-14,21H,4,9,12H2. The van der Waals surface area contributed by atoms with Crippen LogP contribution in [0.2, 0.25) is 5.02 Å². The largest absolute Gasteiger partial charge is 0.438 e. The van der Waals surface area contributed by atoms with Gasteiger partial charge in [0, 0.05) is 17.1 Å². The van der Waals surface area contributed by atoms with Gasteiger partial charge in [-0.3, -0.25) is 4.79 Å². The molecule has 4 aromatic rings. The van der Waals surface area contributed by atoms with E-state index < -0.39 is 11.7 Å². The van der Waals surface area contributed by atoms with Crippen molar-refractivity contribution < 1.29 is 22.4 Å². The average Bonchev–Trinajstić information content (AvgIpc) is 3.44. The zero-order chi connectivity index (χ0) is 23.2. The predicted molar refractivity (Wildman–Crippen MR) is 119 cm³/mol. The van der Waals surface area contributed by atoms with Gasteiger partial charge in [0.1, 0.15) is 11.6 Å². The average molecular weight is 471 g/mol. The molecule has 1 aromatic heterocycles. The highest BCUT2D eigenvalue weighted by atomic mass is 35.5. The lowest BCUT2D eigenvalue weighted by atomic mass is 9.99. The smallest absolute Gasteiger partial charge is 0.417 e. The molecule has 5 rings (SSSR count). The number of rotatable bonds is 3. The summed E-state index contributed by atoms with van der Waals surface area (Å²) in [7, 11) is 0. The molecule has 0 N–H and O–H groups in total. The van der Waals surface area contributed by atoms with Gasteiger partial charge in [0.2, 0.25) is 5.89 Å². The second-order valence-corrected chi connectivity index (χ2v) is 8.38. The zero-order valence-corrected chi connectivity index (χ0v) is 18.0. The van der Waals surface area contributed by atoms with E-state index in [4.69, 9.17) is 16.0 Å². The third-order valence-electron chi connectivity index (χ3n) is 5.82. The fraction of sp³-hybridized carbons (Fsp3) is 0.200. The van der Waals surface area contributed by atoms with Crippen LogP contribution in [-0.2, 0) is 6.18 Å². The van der Waals surface area contributed by atoms with Crippen molar-refractivity contribution in [2.45, 2.75) is 25.1 Å². The van der Waals surface area contributed by atoms with Gasteiger partial charge in [-0.1, -0.05) is 41.9 Å². The highest BCUT2D eigenvalue weighted by Crippen LogP contribution is 2.39. The maximum atomic E-state index is 13.5.